The van der Waals surface area contributed by atoms with Crippen LogP contribution in [0.1, 0.15) is 53.4 Å². The van der Waals surface area contributed by atoms with E-state index >= 15 is 0 Å². The molecule has 0 radical (unpaired) electrons. The Morgan fingerprint density at radius 3 is 2.39 bits per heavy atom. The Bertz CT molecular complexity index is 1250. The number of carboxylic acid groups (broad SMARTS) is 1. The number of hydrogen-bond acceptors (Lipinski definition) is 5. The molecule has 1 heterocycles. The van der Waals surface area contributed by atoms with Crippen molar-refractivity contribution in [2.45, 2.75) is 59.0 Å². The number of nitrogens with one attached hydrogen (secondary N) is 1. The fraction of sp³-hybridized carbons (Fsp3) is 0.370. The van der Waals surface area contributed by atoms with Crippen molar-refractivity contribution in [2.75, 3.05) is 6.61 Å². The number of alkyl halides is 3. The van der Waals surface area contributed by atoms with Gasteiger partial charge in [0.25, 0.3) is 5.91 Å². The van der Waals surface area contributed by atoms with Crippen molar-refractivity contribution in [3.63, 3.8) is 0 Å². The molecule has 1 aromatic heterocycles. The highest BCUT2D eigenvalue weighted by Crippen LogP contribution is 2.29. The van der Waals surface area contributed by atoms with Crippen molar-refractivity contribution in [2.24, 2.45) is 0 Å². The SMILES string of the molecule is CCc1cccc(CC(=O)O)c1OCCn1cc(C(=O)NCc2ccc(C(F)(F)F)cc2)c(OC(C)C)n1. The fourth-order valence-electron chi connectivity index (χ4n) is 3.72. The molecule has 0 aliphatic heterocycles. The molecule has 2 aromatic carbocycles. The number of aliphatic carboxylic acids is 1. The number of aryl methyl sites for hydroxylation is 1. The summed E-state index contributed by atoms with van der Waals surface area (Å²) in [6.45, 7) is 5.97. The van der Waals surface area contributed by atoms with Crippen LogP contribution in [0.4, 0.5) is 13.2 Å². The third kappa shape index (κ3) is 7.74. The average Bonchev–Trinajstić information content (AvgIpc) is 3.24. The van der Waals surface area contributed by atoms with Gasteiger partial charge in [-0.15, -0.1) is 5.10 Å². The number of rotatable bonds is 12. The summed E-state index contributed by atoms with van der Waals surface area (Å²) in [5.41, 5.74) is 1.37. The van der Waals surface area contributed by atoms with Crippen LogP contribution in [0.5, 0.6) is 11.6 Å². The Labute approximate surface area is 218 Å². The maximum Gasteiger partial charge on any atom is 0.416 e. The van der Waals surface area contributed by atoms with Gasteiger partial charge in [0.05, 0.1) is 24.6 Å². The van der Waals surface area contributed by atoms with Crippen LogP contribution < -0.4 is 14.8 Å². The second-order valence-electron chi connectivity index (χ2n) is 8.83. The predicted octanol–water partition coefficient (Wildman–Crippen LogP) is 4.89. The summed E-state index contributed by atoms with van der Waals surface area (Å²) in [4.78, 5) is 24.1. The van der Waals surface area contributed by atoms with Crippen LogP contribution in [-0.4, -0.2) is 39.5 Å². The van der Waals surface area contributed by atoms with E-state index in [1.807, 2.05) is 13.0 Å². The maximum absolute atomic E-state index is 12.9. The first-order chi connectivity index (χ1) is 18.0. The van der Waals surface area contributed by atoms with E-state index in [2.05, 4.69) is 10.4 Å². The van der Waals surface area contributed by atoms with Crippen LogP contribution in [0, 0.1) is 0 Å². The highest BCUT2D eigenvalue weighted by molar-refractivity contribution is 5.96. The summed E-state index contributed by atoms with van der Waals surface area (Å²) in [6, 6.07) is 9.93. The zero-order chi connectivity index (χ0) is 27.9. The average molecular weight is 534 g/mol. The van der Waals surface area contributed by atoms with Crippen LogP contribution in [-0.2, 0) is 36.9 Å². The van der Waals surface area contributed by atoms with Crippen LogP contribution in [0.3, 0.4) is 0 Å². The lowest BCUT2D eigenvalue weighted by molar-refractivity contribution is -0.138. The predicted molar refractivity (Wildman–Crippen MR) is 133 cm³/mol. The molecule has 38 heavy (non-hydrogen) atoms. The zero-order valence-electron chi connectivity index (χ0n) is 21.3. The Morgan fingerprint density at radius 1 is 1.11 bits per heavy atom. The Hall–Kier alpha value is -4.02. The number of hydrogen-bond donors (Lipinski definition) is 2. The highest BCUT2D eigenvalue weighted by atomic mass is 19.4. The van der Waals surface area contributed by atoms with Gasteiger partial charge < -0.3 is 19.9 Å². The number of para-hydroxylation sites is 1. The van der Waals surface area contributed by atoms with Crippen LogP contribution in [0.25, 0.3) is 0 Å². The number of nitrogens with zero attached hydrogens (tertiary/aromatic N) is 2. The maximum atomic E-state index is 12.9. The van der Waals surface area contributed by atoms with Gasteiger partial charge in [0.1, 0.15) is 17.9 Å². The molecule has 0 bridgehead atoms. The summed E-state index contributed by atoms with van der Waals surface area (Å²) in [5.74, 6) is -0.812. The zero-order valence-corrected chi connectivity index (χ0v) is 21.3. The minimum atomic E-state index is -4.43. The van der Waals surface area contributed by atoms with Gasteiger partial charge in [0.2, 0.25) is 5.88 Å². The van der Waals surface area contributed by atoms with Crippen LogP contribution in [0.2, 0.25) is 0 Å². The fourth-order valence-corrected chi connectivity index (χ4v) is 3.72. The molecule has 2 N–H and O–H groups in total. The van der Waals surface area contributed by atoms with Crippen molar-refractivity contribution in [3.05, 3.63) is 76.5 Å². The molecule has 0 fully saturated rings. The van der Waals surface area contributed by atoms with Gasteiger partial charge in [-0.3, -0.25) is 14.3 Å². The lowest BCUT2D eigenvalue weighted by Crippen LogP contribution is -2.23. The van der Waals surface area contributed by atoms with E-state index in [1.54, 1.807) is 26.0 Å². The number of amides is 1. The molecular weight excluding hydrogens is 503 g/mol. The quantitative estimate of drug-likeness (QED) is 0.344. The van der Waals surface area contributed by atoms with Gasteiger partial charge in [0.15, 0.2) is 0 Å². The Kier molecular flexibility index (Phi) is 9.38. The molecule has 3 aromatic rings. The van der Waals surface area contributed by atoms with Crippen LogP contribution in [0.15, 0.2) is 48.7 Å². The van der Waals surface area contributed by atoms with Crippen molar-refractivity contribution in [3.8, 4) is 11.6 Å². The number of carbonyl (C=O) groups is 2. The second-order valence-corrected chi connectivity index (χ2v) is 8.83. The lowest BCUT2D eigenvalue weighted by Gasteiger charge is -2.14. The van der Waals surface area contributed by atoms with E-state index in [4.69, 9.17) is 9.47 Å². The van der Waals surface area contributed by atoms with Crippen molar-refractivity contribution >= 4 is 11.9 Å². The van der Waals surface area contributed by atoms with Crippen molar-refractivity contribution < 1.29 is 37.3 Å². The largest absolute Gasteiger partial charge is 0.491 e. The number of aromatic nitrogens is 2. The van der Waals surface area contributed by atoms with E-state index < -0.39 is 23.6 Å². The highest BCUT2D eigenvalue weighted by Gasteiger charge is 2.30. The van der Waals surface area contributed by atoms with Gasteiger partial charge in [-0.05, 0) is 43.5 Å². The third-order valence-corrected chi connectivity index (χ3v) is 5.52. The van der Waals surface area contributed by atoms with Gasteiger partial charge >= 0.3 is 12.1 Å². The van der Waals surface area contributed by atoms with E-state index in [0.717, 1.165) is 17.7 Å². The number of halogens is 3. The molecule has 1 amide bonds. The summed E-state index contributed by atoms with van der Waals surface area (Å²) >= 11 is 0. The number of carboxylic acids is 1. The molecule has 0 aliphatic rings. The van der Waals surface area contributed by atoms with Crippen molar-refractivity contribution in [1.82, 2.24) is 15.1 Å². The topological polar surface area (TPSA) is 103 Å². The molecule has 204 valence electrons. The molecule has 11 heteroatoms. The molecular formula is C27H30F3N3O5. The molecule has 0 saturated heterocycles. The molecule has 0 saturated carbocycles. The molecule has 0 unspecified atom stereocenters. The Morgan fingerprint density at radius 2 is 1.79 bits per heavy atom. The smallest absolute Gasteiger partial charge is 0.416 e. The van der Waals surface area contributed by atoms with E-state index in [0.29, 0.717) is 23.3 Å². The minimum Gasteiger partial charge on any atom is -0.491 e. The van der Waals surface area contributed by atoms with Gasteiger partial charge in [-0.1, -0.05) is 37.3 Å². The molecule has 0 aliphatic carbocycles. The first-order valence-corrected chi connectivity index (χ1v) is 12.1. The van der Waals surface area contributed by atoms with E-state index in [-0.39, 0.29) is 43.7 Å². The van der Waals surface area contributed by atoms with E-state index in [9.17, 15) is 27.9 Å². The van der Waals surface area contributed by atoms with Crippen LogP contribution >= 0.6 is 0 Å². The van der Waals surface area contributed by atoms with Gasteiger partial charge in [-0.25, -0.2) is 0 Å². The lowest BCUT2D eigenvalue weighted by atomic mass is 10.0. The Balaban J connectivity index is 1.69. The van der Waals surface area contributed by atoms with Gasteiger partial charge in [-0.2, -0.15) is 13.2 Å². The van der Waals surface area contributed by atoms with Gasteiger partial charge in [0, 0.05) is 18.3 Å². The third-order valence-electron chi connectivity index (χ3n) is 5.52. The summed E-state index contributed by atoms with van der Waals surface area (Å²) in [5, 5.41) is 16.2. The standard InChI is InChI=1S/C27H30F3N3O5/c1-4-19-6-5-7-20(14-23(34)35)24(19)37-13-12-33-16-22(26(32-33)38-17(2)3)25(36)31-15-18-8-10-21(11-9-18)27(28,29)30/h5-11,16-17H,4,12-15H2,1-3H3,(H,31,36)(H,34,35). The molecule has 0 atom stereocenters. The van der Waals surface area contributed by atoms with Crippen molar-refractivity contribution in [1.29, 1.82) is 0 Å². The number of ether oxygens (including phenoxy) is 2. The molecule has 3 rings (SSSR count). The summed E-state index contributed by atoms with van der Waals surface area (Å²) in [6.07, 6.45) is -2.68. The summed E-state index contributed by atoms with van der Waals surface area (Å²) < 4.78 is 51.5. The molecule has 0 spiro atoms. The number of benzene rings is 2. The first-order valence-electron chi connectivity index (χ1n) is 12.1. The number of carbonyl (C=O) groups excluding carboxylic acids is 1. The monoisotopic (exact) mass is 533 g/mol. The minimum absolute atomic E-state index is 0.0204. The molecule has 8 nitrogen and oxygen atoms in total. The second kappa shape index (κ2) is 12.5. The normalized spacial score (nSPS) is 11.4. The first kappa shape index (κ1) is 28.5. The van der Waals surface area contributed by atoms with E-state index in [1.165, 1.54) is 23.0 Å². The summed E-state index contributed by atoms with van der Waals surface area (Å²) in [7, 11) is 0.